The van der Waals surface area contributed by atoms with Crippen molar-refractivity contribution in [1.82, 2.24) is 14.5 Å². The molecule has 1 atom stereocenters. The summed E-state index contributed by atoms with van der Waals surface area (Å²) < 4.78 is 5.94. The van der Waals surface area contributed by atoms with E-state index in [0.717, 1.165) is 0 Å². The highest BCUT2D eigenvalue weighted by Crippen LogP contribution is 2.02. The van der Waals surface area contributed by atoms with Crippen molar-refractivity contribution >= 4 is 12.0 Å². The number of esters is 1. The summed E-state index contributed by atoms with van der Waals surface area (Å²) in [4.78, 5) is 28.2. The summed E-state index contributed by atoms with van der Waals surface area (Å²) in [5.41, 5.74) is 0. The van der Waals surface area contributed by atoms with Gasteiger partial charge >= 0.3 is 12.0 Å². The minimum absolute atomic E-state index is 0.228. The number of hydrogen-bond acceptors (Lipinski definition) is 4. The van der Waals surface area contributed by atoms with E-state index >= 15 is 0 Å². The molecule has 6 nitrogen and oxygen atoms in total. The molecule has 88 valence electrons. The number of carbonyl (C=O) groups is 2. The highest BCUT2D eigenvalue weighted by Gasteiger charge is 2.19. The largest absolute Gasteiger partial charge is 0.469 e. The summed E-state index contributed by atoms with van der Waals surface area (Å²) in [5, 5.41) is 0. The molecule has 0 radical (unpaired) electrons. The van der Waals surface area contributed by atoms with Crippen LogP contribution >= 0.6 is 0 Å². The molecule has 0 saturated heterocycles. The average molecular weight is 225 g/mol. The minimum Gasteiger partial charge on any atom is -0.469 e. The lowest BCUT2D eigenvalue weighted by Crippen LogP contribution is -2.36. The number of imidazole rings is 1. The summed E-state index contributed by atoms with van der Waals surface area (Å²) in [6.45, 7) is 2.02. The van der Waals surface area contributed by atoms with Gasteiger partial charge in [0.1, 0.15) is 6.33 Å². The van der Waals surface area contributed by atoms with E-state index < -0.39 is 0 Å². The van der Waals surface area contributed by atoms with Gasteiger partial charge in [0.25, 0.3) is 0 Å². The van der Waals surface area contributed by atoms with Crippen LogP contribution in [0.15, 0.2) is 18.7 Å². The van der Waals surface area contributed by atoms with Crippen LogP contribution in [0.25, 0.3) is 0 Å². The Hall–Kier alpha value is -1.85. The fraction of sp³-hybridized carbons (Fsp3) is 0.500. The summed E-state index contributed by atoms with van der Waals surface area (Å²) in [5.74, 6) is -0.673. The molecule has 0 aromatic carbocycles. The molecule has 6 heteroatoms. The van der Waals surface area contributed by atoms with E-state index in [1.165, 1.54) is 29.1 Å². The van der Waals surface area contributed by atoms with Crippen LogP contribution in [0, 0.1) is 5.92 Å². The molecule has 1 aromatic heterocycles. The highest BCUT2D eigenvalue weighted by molar-refractivity contribution is 5.78. The Morgan fingerprint density at radius 1 is 1.56 bits per heavy atom. The van der Waals surface area contributed by atoms with Crippen LogP contribution < -0.4 is 0 Å². The maximum absolute atomic E-state index is 11.7. The van der Waals surface area contributed by atoms with Gasteiger partial charge < -0.3 is 9.64 Å². The Balaban J connectivity index is 2.56. The first-order chi connectivity index (χ1) is 7.56. The van der Waals surface area contributed by atoms with Gasteiger partial charge in [-0.2, -0.15) is 0 Å². The Bertz CT molecular complexity index is 361. The molecule has 0 saturated carbocycles. The van der Waals surface area contributed by atoms with Crippen molar-refractivity contribution in [3.63, 3.8) is 0 Å². The normalized spacial score (nSPS) is 11.9. The second kappa shape index (κ2) is 5.29. The van der Waals surface area contributed by atoms with Crippen molar-refractivity contribution in [3.8, 4) is 0 Å². The summed E-state index contributed by atoms with van der Waals surface area (Å²) >= 11 is 0. The van der Waals surface area contributed by atoms with Crippen molar-refractivity contribution in [2.75, 3.05) is 20.7 Å². The molecule has 0 aliphatic heterocycles. The number of hydrogen-bond donors (Lipinski definition) is 0. The number of amides is 1. The molecule has 1 aromatic rings. The van der Waals surface area contributed by atoms with Gasteiger partial charge in [0.05, 0.1) is 13.0 Å². The van der Waals surface area contributed by atoms with Crippen LogP contribution in [0.1, 0.15) is 6.92 Å². The van der Waals surface area contributed by atoms with E-state index in [1.54, 1.807) is 20.2 Å². The van der Waals surface area contributed by atoms with Gasteiger partial charge in [-0.25, -0.2) is 9.78 Å². The van der Waals surface area contributed by atoms with Gasteiger partial charge in [-0.3, -0.25) is 9.36 Å². The van der Waals surface area contributed by atoms with Crippen molar-refractivity contribution in [3.05, 3.63) is 18.7 Å². The third-order valence-corrected chi connectivity index (χ3v) is 2.20. The first-order valence-corrected chi connectivity index (χ1v) is 4.87. The van der Waals surface area contributed by atoms with E-state index in [9.17, 15) is 9.59 Å². The van der Waals surface area contributed by atoms with Crippen molar-refractivity contribution < 1.29 is 14.3 Å². The number of ether oxygens (including phenoxy) is 1. The molecule has 1 rings (SSSR count). The van der Waals surface area contributed by atoms with Gasteiger partial charge in [0.2, 0.25) is 0 Å². The zero-order valence-corrected chi connectivity index (χ0v) is 9.58. The van der Waals surface area contributed by atoms with Crippen LogP contribution in [0.4, 0.5) is 4.79 Å². The van der Waals surface area contributed by atoms with Crippen LogP contribution in [0.2, 0.25) is 0 Å². The standard InChI is InChI=1S/C10H15N3O3/c1-8(9(14)16-3)6-12(2)10(15)13-5-4-11-7-13/h4-5,7-8H,6H2,1-3H3. The Labute approximate surface area is 93.8 Å². The SMILES string of the molecule is COC(=O)C(C)CN(C)C(=O)n1ccnc1. The van der Waals surface area contributed by atoms with E-state index in [0.29, 0.717) is 6.54 Å². The number of nitrogens with zero attached hydrogens (tertiary/aromatic N) is 3. The highest BCUT2D eigenvalue weighted by atomic mass is 16.5. The summed E-state index contributed by atoms with van der Waals surface area (Å²) in [7, 11) is 2.96. The van der Waals surface area contributed by atoms with Gasteiger partial charge in [0, 0.05) is 26.0 Å². The Morgan fingerprint density at radius 2 is 2.25 bits per heavy atom. The lowest BCUT2D eigenvalue weighted by atomic mass is 10.2. The monoisotopic (exact) mass is 225 g/mol. The Morgan fingerprint density at radius 3 is 2.75 bits per heavy atom. The second-order valence-electron chi connectivity index (χ2n) is 3.56. The van der Waals surface area contributed by atoms with E-state index in [1.807, 2.05) is 0 Å². The number of carbonyl (C=O) groups excluding carboxylic acids is 2. The lowest BCUT2D eigenvalue weighted by Gasteiger charge is -2.20. The first-order valence-electron chi connectivity index (χ1n) is 4.87. The molecule has 0 aliphatic rings. The predicted octanol–water partition coefficient (Wildman–Crippen LogP) is 0.592. The van der Waals surface area contributed by atoms with Crippen LogP contribution in [-0.4, -0.2) is 47.2 Å². The molecular weight excluding hydrogens is 210 g/mol. The topological polar surface area (TPSA) is 64.4 Å². The molecule has 1 unspecified atom stereocenters. The quantitative estimate of drug-likeness (QED) is 0.706. The number of rotatable bonds is 3. The molecule has 0 N–H and O–H groups in total. The molecule has 0 aliphatic carbocycles. The zero-order chi connectivity index (χ0) is 12.1. The maximum atomic E-state index is 11.7. The average Bonchev–Trinajstić information content (AvgIpc) is 2.79. The predicted molar refractivity (Wildman–Crippen MR) is 56.8 cm³/mol. The molecule has 0 fully saturated rings. The number of methoxy groups -OCH3 is 1. The number of aromatic nitrogens is 2. The van der Waals surface area contributed by atoms with E-state index in [2.05, 4.69) is 9.72 Å². The van der Waals surface area contributed by atoms with Crippen LogP contribution in [0.3, 0.4) is 0 Å². The molecule has 1 amide bonds. The molecule has 0 spiro atoms. The fourth-order valence-corrected chi connectivity index (χ4v) is 1.33. The van der Waals surface area contributed by atoms with Crippen LogP contribution in [-0.2, 0) is 9.53 Å². The lowest BCUT2D eigenvalue weighted by molar-refractivity contribution is -0.145. The molecular formula is C10H15N3O3. The minimum atomic E-state index is -0.345. The molecule has 0 bridgehead atoms. The van der Waals surface area contributed by atoms with E-state index in [-0.39, 0.29) is 17.9 Å². The first kappa shape index (κ1) is 12.2. The third-order valence-electron chi connectivity index (χ3n) is 2.20. The Kier molecular flexibility index (Phi) is 4.04. The maximum Gasteiger partial charge on any atom is 0.329 e. The second-order valence-corrected chi connectivity index (χ2v) is 3.56. The van der Waals surface area contributed by atoms with Crippen LogP contribution in [0.5, 0.6) is 0 Å². The van der Waals surface area contributed by atoms with Gasteiger partial charge in [-0.05, 0) is 0 Å². The summed E-state index contributed by atoms with van der Waals surface area (Å²) in [6.07, 6.45) is 4.50. The van der Waals surface area contributed by atoms with Crippen molar-refractivity contribution in [1.29, 1.82) is 0 Å². The molecule has 16 heavy (non-hydrogen) atoms. The van der Waals surface area contributed by atoms with Gasteiger partial charge in [-0.1, -0.05) is 6.92 Å². The van der Waals surface area contributed by atoms with E-state index in [4.69, 9.17) is 0 Å². The van der Waals surface area contributed by atoms with Gasteiger partial charge in [0.15, 0.2) is 0 Å². The smallest absolute Gasteiger partial charge is 0.329 e. The fourth-order valence-electron chi connectivity index (χ4n) is 1.33. The van der Waals surface area contributed by atoms with Crippen molar-refractivity contribution in [2.24, 2.45) is 5.92 Å². The third kappa shape index (κ3) is 2.82. The zero-order valence-electron chi connectivity index (χ0n) is 9.58. The summed E-state index contributed by atoms with van der Waals surface area (Å²) in [6, 6.07) is -0.228. The molecule has 1 heterocycles. The van der Waals surface area contributed by atoms with Crippen molar-refractivity contribution in [2.45, 2.75) is 6.92 Å². The van der Waals surface area contributed by atoms with Gasteiger partial charge in [-0.15, -0.1) is 0 Å².